The highest BCUT2D eigenvalue weighted by Gasteiger charge is 2.10. The molecule has 0 aliphatic rings. The lowest BCUT2D eigenvalue weighted by molar-refractivity contribution is 0.446. The van der Waals surface area contributed by atoms with Crippen LogP contribution in [0.25, 0.3) is 12.2 Å². The summed E-state index contributed by atoms with van der Waals surface area (Å²) in [6.45, 7) is 0. The van der Waals surface area contributed by atoms with Gasteiger partial charge < -0.3 is 0 Å². The standard InChI is InChI=1S/C16H9F5/c17-12-7-3-6-10(14(12)19)4-1-2-5-11-8-9-13(18)16(21)15(11)20/h1-9H/b4-1+,5-2+. The van der Waals surface area contributed by atoms with Crippen LogP contribution in [0.3, 0.4) is 0 Å². The molecule has 0 bridgehead atoms. The Hall–Kier alpha value is -2.43. The third kappa shape index (κ3) is 3.37. The van der Waals surface area contributed by atoms with E-state index in [0.29, 0.717) is 0 Å². The van der Waals surface area contributed by atoms with E-state index in [0.717, 1.165) is 18.2 Å². The molecule has 0 fully saturated rings. The summed E-state index contributed by atoms with van der Waals surface area (Å²) < 4.78 is 65.3. The Labute approximate surface area is 117 Å². The fourth-order valence-corrected chi connectivity index (χ4v) is 1.64. The van der Waals surface area contributed by atoms with Crippen molar-refractivity contribution in [1.82, 2.24) is 0 Å². The Kier molecular flexibility index (Phi) is 4.52. The Balaban J connectivity index is 2.18. The van der Waals surface area contributed by atoms with E-state index >= 15 is 0 Å². The van der Waals surface area contributed by atoms with Crippen molar-refractivity contribution in [2.24, 2.45) is 0 Å². The summed E-state index contributed by atoms with van der Waals surface area (Å²) in [5, 5.41) is 0. The second-order valence-electron chi connectivity index (χ2n) is 4.13. The van der Waals surface area contributed by atoms with E-state index in [1.165, 1.54) is 36.4 Å². The van der Waals surface area contributed by atoms with Crippen molar-refractivity contribution in [3.05, 3.63) is 82.7 Å². The predicted octanol–water partition coefficient (Wildman–Crippen LogP) is 5.11. The minimum Gasteiger partial charge on any atom is -0.204 e. The monoisotopic (exact) mass is 296 g/mol. The first-order valence-electron chi connectivity index (χ1n) is 5.93. The molecule has 0 saturated heterocycles. The van der Waals surface area contributed by atoms with Crippen LogP contribution in [0.1, 0.15) is 11.1 Å². The van der Waals surface area contributed by atoms with Crippen LogP contribution < -0.4 is 0 Å². The van der Waals surface area contributed by atoms with E-state index in [4.69, 9.17) is 0 Å². The maximum Gasteiger partial charge on any atom is 0.195 e. The molecule has 0 aromatic heterocycles. The second-order valence-corrected chi connectivity index (χ2v) is 4.13. The maximum absolute atomic E-state index is 13.3. The maximum atomic E-state index is 13.3. The van der Waals surface area contributed by atoms with Crippen molar-refractivity contribution in [3.63, 3.8) is 0 Å². The fraction of sp³-hybridized carbons (Fsp3) is 0. The zero-order valence-corrected chi connectivity index (χ0v) is 10.6. The molecule has 5 heteroatoms. The van der Waals surface area contributed by atoms with Gasteiger partial charge in [0.15, 0.2) is 29.1 Å². The normalized spacial score (nSPS) is 11.7. The number of benzene rings is 2. The van der Waals surface area contributed by atoms with Crippen LogP contribution >= 0.6 is 0 Å². The van der Waals surface area contributed by atoms with E-state index in [-0.39, 0.29) is 11.1 Å². The molecular formula is C16H9F5. The van der Waals surface area contributed by atoms with Gasteiger partial charge in [0.1, 0.15) is 0 Å². The van der Waals surface area contributed by atoms with Crippen LogP contribution in [0, 0.1) is 29.1 Å². The van der Waals surface area contributed by atoms with Crippen LogP contribution in [0.15, 0.2) is 42.5 Å². The molecule has 0 aliphatic carbocycles. The van der Waals surface area contributed by atoms with Gasteiger partial charge in [0, 0.05) is 11.1 Å². The van der Waals surface area contributed by atoms with E-state index in [2.05, 4.69) is 0 Å². The van der Waals surface area contributed by atoms with Gasteiger partial charge in [-0.1, -0.05) is 36.4 Å². The second kappa shape index (κ2) is 6.35. The molecule has 21 heavy (non-hydrogen) atoms. The number of halogens is 5. The van der Waals surface area contributed by atoms with Crippen molar-refractivity contribution >= 4 is 12.2 Å². The lowest BCUT2D eigenvalue weighted by Gasteiger charge is -1.99. The van der Waals surface area contributed by atoms with Gasteiger partial charge in [-0.15, -0.1) is 0 Å². The van der Waals surface area contributed by atoms with Crippen molar-refractivity contribution in [2.45, 2.75) is 0 Å². The number of allylic oxidation sites excluding steroid dienone is 2. The molecule has 0 aliphatic heterocycles. The molecule has 0 nitrogen and oxygen atoms in total. The molecule has 0 radical (unpaired) electrons. The zero-order chi connectivity index (χ0) is 15.4. The fourth-order valence-electron chi connectivity index (χ4n) is 1.64. The van der Waals surface area contributed by atoms with Crippen LogP contribution in [0.4, 0.5) is 22.0 Å². The van der Waals surface area contributed by atoms with E-state index in [1.807, 2.05) is 0 Å². The summed E-state index contributed by atoms with van der Waals surface area (Å²) in [7, 11) is 0. The highest BCUT2D eigenvalue weighted by atomic mass is 19.2. The van der Waals surface area contributed by atoms with Crippen molar-refractivity contribution in [2.75, 3.05) is 0 Å². The van der Waals surface area contributed by atoms with E-state index in [1.54, 1.807) is 0 Å². The topological polar surface area (TPSA) is 0 Å². The number of rotatable bonds is 3. The molecule has 2 rings (SSSR count). The number of hydrogen-bond acceptors (Lipinski definition) is 0. The van der Waals surface area contributed by atoms with Gasteiger partial charge in [-0.05, 0) is 18.2 Å². The molecule has 0 N–H and O–H groups in total. The molecule has 0 spiro atoms. The lowest BCUT2D eigenvalue weighted by atomic mass is 10.1. The highest BCUT2D eigenvalue weighted by Crippen LogP contribution is 2.17. The van der Waals surface area contributed by atoms with Gasteiger partial charge >= 0.3 is 0 Å². The van der Waals surface area contributed by atoms with Crippen molar-refractivity contribution in [1.29, 1.82) is 0 Å². The lowest BCUT2D eigenvalue weighted by Crippen LogP contribution is -1.92. The average Bonchev–Trinajstić information content (AvgIpc) is 2.47. The average molecular weight is 296 g/mol. The third-order valence-corrected chi connectivity index (χ3v) is 2.71. The summed E-state index contributed by atoms with van der Waals surface area (Å²) in [6.07, 6.45) is 5.09. The Bertz CT molecular complexity index is 717. The minimum absolute atomic E-state index is 0.0189. The highest BCUT2D eigenvalue weighted by molar-refractivity contribution is 5.57. The third-order valence-electron chi connectivity index (χ3n) is 2.71. The van der Waals surface area contributed by atoms with Gasteiger partial charge in [-0.25, -0.2) is 22.0 Å². The largest absolute Gasteiger partial charge is 0.204 e. The Morgan fingerprint density at radius 1 is 0.571 bits per heavy atom. The SMILES string of the molecule is Fc1cccc(/C=C/C=C/c2ccc(F)c(F)c2F)c1F. The first-order valence-corrected chi connectivity index (χ1v) is 5.93. The van der Waals surface area contributed by atoms with E-state index < -0.39 is 29.1 Å². The van der Waals surface area contributed by atoms with Gasteiger partial charge in [0.2, 0.25) is 0 Å². The van der Waals surface area contributed by atoms with Crippen LogP contribution in [0.2, 0.25) is 0 Å². The zero-order valence-electron chi connectivity index (χ0n) is 10.6. The molecule has 108 valence electrons. The van der Waals surface area contributed by atoms with Gasteiger partial charge in [0.05, 0.1) is 0 Å². The van der Waals surface area contributed by atoms with Gasteiger partial charge in [-0.3, -0.25) is 0 Å². The molecule has 0 amide bonds. The molecule has 2 aromatic rings. The summed E-state index contributed by atoms with van der Waals surface area (Å²) >= 11 is 0. The summed E-state index contributed by atoms with van der Waals surface area (Å²) in [4.78, 5) is 0. The first-order chi connectivity index (χ1) is 10.0. The van der Waals surface area contributed by atoms with E-state index in [9.17, 15) is 22.0 Å². The van der Waals surface area contributed by atoms with Gasteiger partial charge in [-0.2, -0.15) is 0 Å². The Morgan fingerprint density at radius 3 is 1.81 bits per heavy atom. The molecule has 0 atom stereocenters. The van der Waals surface area contributed by atoms with Crippen molar-refractivity contribution < 1.29 is 22.0 Å². The van der Waals surface area contributed by atoms with Crippen LogP contribution in [-0.4, -0.2) is 0 Å². The summed E-state index contributed by atoms with van der Waals surface area (Å²) in [5.41, 5.74) is -0.135. The quantitative estimate of drug-likeness (QED) is 0.419. The van der Waals surface area contributed by atoms with Gasteiger partial charge in [0.25, 0.3) is 0 Å². The number of hydrogen-bond donors (Lipinski definition) is 0. The molecule has 0 saturated carbocycles. The van der Waals surface area contributed by atoms with Crippen molar-refractivity contribution in [3.8, 4) is 0 Å². The summed E-state index contributed by atoms with van der Waals surface area (Å²) in [5.74, 6) is -6.12. The van der Waals surface area contributed by atoms with Crippen LogP contribution in [0.5, 0.6) is 0 Å². The smallest absolute Gasteiger partial charge is 0.195 e. The van der Waals surface area contributed by atoms with Crippen LogP contribution in [-0.2, 0) is 0 Å². The Morgan fingerprint density at radius 2 is 1.14 bits per heavy atom. The molecule has 0 heterocycles. The molecule has 0 unspecified atom stereocenters. The summed E-state index contributed by atoms with van der Waals surface area (Å²) in [6, 6.07) is 5.56. The first kappa shape index (κ1) is 15.0. The molecular weight excluding hydrogens is 287 g/mol. The molecule has 2 aromatic carbocycles. The minimum atomic E-state index is -1.56. The predicted molar refractivity (Wildman–Crippen MR) is 70.7 cm³/mol.